The zero-order chi connectivity index (χ0) is 17.2. The highest BCUT2D eigenvalue weighted by Gasteiger charge is 2.30. The van der Waals surface area contributed by atoms with Crippen LogP contribution in [0.25, 0.3) is 0 Å². The maximum Gasteiger partial charge on any atom is 0.224 e. The number of Topliss-reactive ketones (excluding diaryl/α,β-unsaturated/α-hetero) is 2. The second-order valence-corrected chi connectivity index (χ2v) is 6.22. The van der Waals surface area contributed by atoms with E-state index in [0.717, 1.165) is 32.1 Å². The summed E-state index contributed by atoms with van der Waals surface area (Å²) in [5.41, 5.74) is 1.62. The third-order valence-electron chi connectivity index (χ3n) is 4.49. The van der Waals surface area contributed by atoms with Crippen LogP contribution in [0.4, 0.5) is 0 Å². The number of methoxy groups -OCH3 is 1. The van der Waals surface area contributed by atoms with Crippen LogP contribution in [-0.4, -0.2) is 30.4 Å². The third-order valence-corrected chi connectivity index (χ3v) is 4.49. The largest absolute Gasteiger partial charge is 0.492 e. The molecule has 0 fully saturated rings. The van der Waals surface area contributed by atoms with E-state index in [1.165, 1.54) is 26.4 Å². The number of aliphatic hydroxyl groups is 1. The van der Waals surface area contributed by atoms with Crippen LogP contribution in [0.2, 0.25) is 0 Å². The van der Waals surface area contributed by atoms with Gasteiger partial charge in [0.2, 0.25) is 5.78 Å². The summed E-state index contributed by atoms with van der Waals surface area (Å²) in [6.07, 6.45) is 9.39. The van der Waals surface area contributed by atoms with Gasteiger partial charge in [-0.1, -0.05) is 38.5 Å². The second-order valence-electron chi connectivity index (χ2n) is 6.22. The second kappa shape index (κ2) is 10.4. The smallest absolute Gasteiger partial charge is 0.224 e. The monoisotopic (exact) mass is 322 g/mol. The van der Waals surface area contributed by atoms with Crippen LogP contribution >= 0.6 is 0 Å². The highest BCUT2D eigenvalue weighted by atomic mass is 16.5. The van der Waals surface area contributed by atoms with E-state index in [-0.39, 0.29) is 17.3 Å². The number of rotatable bonds is 11. The van der Waals surface area contributed by atoms with Gasteiger partial charge in [0.1, 0.15) is 0 Å². The maximum atomic E-state index is 12.4. The Morgan fingerprint density at radius 3 is 1.83 bits per heavy atom. The number of aliphatic hydroxyl groups excluding tert-OH is 1. The molecule has 1 N–H and O–H groups in total. The third kappa shape index (κ3) is 5.61. The van der Waals surface area contributed by atoms with Gasteiger partial charge in [-0.15, -0.1) is 0 Å². The fourth-order valence-corrected chi connectivity index (χ4v) is 3.02. The summed E-state index contributed by atoms with van der Waals surface area (Å²) < 4.78 is 5.11. The fraction of sp³-hybridized carbons (Fsp3) is 0.684. The Morgan fingerprint density at radius 2 is 1.30 bits per heavy atom. The van der Waals surface area contributed by atoms with Crippen molar-refractivity contribution >= 4 is 11.6 Å². The van der Waals surface area contributed by atoms with E-state index >= 15 is 0 Å². The number of ketones is 2. The fourth-order valence-electron chi connectivity index (χ4n) is 3.02. The molecule has 0 unspecified atom stereocenters. The lowest BCUT2D eigenvalue weighted by Crippen LogP contribution is -2.23. The Hall–Kier alpha value is -1.42. The van der Waals surface area contributed by atoms with E-state index in [1.54, 1.807) is 13.8 Å². The van der Waals surface area contributed by atoms with Crippen LogP contribution in [0.1, 0.15) is 71.6 Å². The molecule has 0 aromatic heterocycles. The molecule has 0 aliphatic heterocycles. The summed E-state index contributed by atoms with van der Waals surface area (Å²) >= 11 is 0. The molecule has 1 aliphatic carbocycles. The summed E-state index contributed by atoms with van der Waals surface area (Å²) in [5.74, 6) is 0.0194. The molecule has 0 saturated heterocycles. The van der Waals surface area contributed by atoms with Crippen molar-refractivity contribution in [3.63, 3.8) is 0 Å². The number of hydrogen-bond donors (Lipinski definition) is 1. The van der Waals surface area contributed by atoms with Crippen molar-refractivity contribution in [2.24, 2.45) is 0 Å². The highest BCUT2D eigenvalue weighted by Crippen LogP contribution is 2.28. The molecule has 130 valence electrons. The molecular formula is C19H30O4. The van der Waals surface area contributed by atoms with Crippen molar-refractivity contribution in [3.8, 4) is 0 Å². The van der Waals surface area contributed by atoms with Crippen molar-refractivity contribution < 1.29 is 19.4 Å². The number of allylic oxidation sites excluding steroid dienone is 3. The first-order valence-corrected chi connectivity index (χ1v) is 8.69. The molecule has 0 amide bonds. The van der Waals surface area contributed by atoms with Gasteiger partial charge >= 0.3 is 0 Å². The van der Waals surface area contributed by atoms with Gasteiger partial charge in [-0.2, -0.15) is 0 Å². The molecule has 0 aromatic rings. The summed E-state index contributed by atoms with van der Waals surface area (Å²) in [6.45, 7) is 3.68. The summed E-state index contributed by atoms with van der Waals surface area (Å²) in [6, 6.07) is 0. The lowest BCUT2D eigenvalue weighted by Gasteiger charge is -2.19. The van der Waals surface area contributed by atoms with Gasteiger partial charge in [0.05, 0.1) is 7.11 Å². The molecule has 0 heterocycles. The number of unbranched alkanes of at least 4 members (excludes halogenated alkanes) is 7. The molecule has 0 saturated carbocycles. The molecule has 4 nitrogen and oxygen atoms in total. The van der Waals surface area contributed by atoms with Gasteiger partial charge < -0.3 is 9.84 Å². The first-order chi connectivity index (χ1) is 11.0. The van der Waals surface area contributed by atoms with E-state index in [2.05, 4.69) is 0 Å². The Labute approximate surface area is 139 Å². The summed E-state index contributed by atoms with van der Waals surface area (Å²) in [7, 11) is 1.44. The number of hydrogen-bond acceptors (Lipinski definition) is 4. The summed E-state index contributed by atoms with van der Waals surface area (Å²) in [5, 5.41) is 8.71. The van der Waals surface area contributed by atoms with Crippen LogP contribution in [0, 0.1) is 0 Å². The molecule has 0 atom stereocenters. The van der Waals surface area contributed by atoms with E-state index in [1.807, 2.05) is 0 Å². The quantitative estimate of drug-likeness (QED) is 0.463. The predicted molar refractivity (Wildman–Crippen MR) is 91.1 cm³/mol. The Balaban J connectivity index is 2.34. The van der Waals surface area contributed by atoms with E-state index in [4.69, 9.17) is 9.84 Å². The summed E-state index contributed by atoms with van der Waals surface area (Å²) in [4.78, 5) is 24.5. The van der Waals surface area contributed by atoms with E-state index < -0.39 is 0 Å². The average molecular weight is 322 g/mol. The normalized spacial score (nSPS) is 15.7. The van der Waals surface area contributed by atoms with Crippen molar-refractivity contribution in [2.45, 2.75) is 71.6 Å². The number of carbonyl (C=O) groups is 2. The van der Waals surface area contributed by atoms with Crippen LogP contribution in [-0.2, 0) is 14.3 Å². The zero-order valence-electron chi connectivity index (χ0n) is 14.7. The number of carbonyl (C=O) groups excluding carboxylic acids is 2. The average Bonchev–Trinajstić information content (AvgIpc) is 2.54. The first-order valence-electron chi connectivity index (χ1n) is 8.69. The van der Waals surface area contributed by atoms with Crippen molar-refractivity contribution in [2.75, 3.05) is 13.7 Å². The van der Waals surface area contributed by atoms with Crippen LogP contribution in [0.3, 0.4) is 0 Å². The lowest BCUT2D eigenvalue weighted by atomic mass is 9.87. The topological polar surface area (TPSA) is 63.6 Å². The minimum Gasteiger partial charge on any atom is -0.492 e. The molecule has 1 aliphatic rings. The molecule has 0 bridgehead atoms. The number of ether oxygens (including phenoxy) is 1. The molecule has 0 aromatic carbocycles. The molecule has 4 heteroatoms. The minimum atomic E-state index is -0.119. The predicted octanol–water partition coefficient (Wildman–Crippen LogP) is 3.88. The van der Waals surface area contributed by atoms with Crippen LogP contribution < -0.4 is 0 Å². The lowest BCUT2D eigenvalue weighted by molar-refractivity contribution is -0.118. The Kier molecular flexibility index (Phi) is 8.85. The van der Waals surface area contributed by atoms with E-state index in [0.29, 0.717) is 29.7 Å². The standard InChI is InChI=1S/C19H30O4/c1-14-16(18(22)19(23-3)15(2)17(14)21)12-10-8-6-4-5-7-9-11-13-20/h20H,4-13H2,1-3H3. The zero-order valence-corrected chi connectivity index (χ0v) is 14.7. The van der Waals surface area contributed by atoms with Gasteiger partial charge in [-0.25, -0.2) is 0 Å². The maximum absolute atomic E-state index is 12.4. The van der Waals surface area contributed by atoms with Crippen molar-refractivity contribution in [3.05, 3.63) is 22.5 Å². The minimum absolute atomic E-state index is 0.0691. The van der Waals surface area contributed by atoms with Crippen LogP contribution in [0.5, 0.6) is 0 Å². The first kappa shape index (κ1) is 19.6. The van der Waals surface area contributed by atoms with E-state index in [9.17, 15) is 9.59 Å². The van der Waals surface area contributed by atoms with Gasteiger partial charge in [-0.3, -0.25) is 9.59 Å². The molecule has 23 heavy (non-hydrogen) atoms. The molecule has 0 spiro atoms. The van der Waals surface area contributed by atoms with Gasteiger partial charge in [-0.05, 0) is 33.1 Å². The van der Waals surface area contributed by atoms with Crippen LogP contribution in [0.15, 0.2) is 22.5 Å². The Morgan fingerprint density at radius 1 is 0.783 bits per heavy atom. The SMILES string of the molecule is COC1=C(C)C(=O)C(C)=C(CCCCCCCCCCO)C1=O. The highest BCUT2D eigenvalue weighted by molar-refractivity contribution is 6.23. The van der Waals surface area contributed by atoms with Crippen molar-refractivity contribution in [1.29, 1.82) is 0 Å². The molecule has 0 radical (unpaired) electrons. The molecule has 1 rings (SSSR count). The van der Waals surface area contributed by atoms with Gasteiger partial charge in [0, 0.05) is 23.3 Å². The molecular weight excluding hydrogens is 292 g/mol. The van der Waals surface area contributed by atoms with Gasteiger partial charge in [0.15, 0.2) is 11.5 Å². The van der Waals surface area contributed by atoms with Crippen molar-refractivity contribution in [1.82, 2.24) is 0 Å². The Bertz CT molecular complexity index is 486. The van der Waals surface area contributed by atoms with Gasteiger partial charge in [0.25, 0.3) is 0 Å².